The molecule has 11 heteroatoms. The van der Waals surface area contributed by atoms with Crippen molar-refractivity contribution in [1.82, 2.24) is 10.2 Å². The molecule has 0 unspecified atom stereocenters. The lowest BCUT2D eigenvalue weighted by molar-refractivity contribution is -0.150. The number of esters is 2. The topological polar surface area (TPSA) is 134 Å². The Labute approximate surface area is 195 Å². The first-order valence-corrected chi connectivity index (χ1v) is 10.3. The lowest BCUT2D eigenvalue weighted by Crippen LogP contribution is -2.30. The van der Waals surface area contributed by atoms with Crippen LogP contribution in [0.2, 0.25) is 0 Å². The van der Waals surface area contributed by atoms with E-state index in [1.807, 2.05) is 0 Å². The summed E-state index contributed by atoms with van der Waals surface area (Å²) in [5.74, 6) is -1.15. The molecule has 1 aliphatic rings. The summed E-state index contributed by atoms with van der Waals surface area (Å²) in [7, 11) is 2.65. The molecule has 1 saturated heterocycles. The fourth-order valence-corrected chi connectivity index (χ4v) is 3.12. The van der Waals surface area contributed by atoms with Crippen LogP contribution in [0, 0.1) is 0 Å². The van der Waals surface area contributed by atoms with Gasteiger partial charge in [-0.25, -0.2) is 14.4 Å². The number of benzene rings is 1. The van der Waals surface area contributed by atoms with Crippen LogP contribution in [0.3, 0.4) is 0 Å². The summed E-state index contributed by atoms with van der Waals surface area (Å²) in [6, 6.07) is 7.13. The maximum absolute atomic E-state index is 12.9. The van der Waals surface area contributed by atoms with E-state index in [9.17, 15) is 19.2 Å². The zero-order valence-corrected chi connectivity index (χ0v) is 19.1. The molecule has 0 saturated carbocycles. The molecular weight excluding hydrogens is 448 g/mol. The van der Waals surface area contributed by atoms with Crippen LogP contribution < -0.4 is 14.8 Å². The van der Waals surface area contributed by atoms with Crippen LogP contribution in [0.25, 0.3) is 6.08 Å². The zero-order chi connectivity index (χ0) is 24.8. The largest absolute Gasteiger partial charge is 0.493 e. The van der Waals surface area contributed by atoms with Crippen LogP contribution in [0.1, 0.15) is 35.7 Å². The minimum Gasteiger partial charge on any atom is -0.493 e. The van der Waals surface area contributed by atoms with Crippen molar-refractivity contribution in [2.45, 2.75) is 26.5 Å². The standard InChI is InChI=1S/C23H24N2O9/c1-5-32-21(27)13(2)33-19-14(7-6-8-17(19)30-3)11-16-20(26)25(23(29)24-16)12-15-9-10-18(34-15)22(28)31-4/h6-11,13H,5,12H2,1-4H3,(H,24,29)/b16-11-/t13-/m0/s1. The van der Waals surface area contributed by atoms with Gasteiger partial charge in [0.25, 0.3) is 5.91 Å². The monoisotopic (exact) mass is 472 g/mol. The molecule has 1 aromatic heterocycles. The molecule has 1 fully saturated rings. The molecule has 1 N–H and O–H groups in total. The third-order valence-corrected chi connectivity index (χ3v) is 4.77. The average molecular weight is 472 g/mol. The van der Waals surface area contributed by atoms with Crippen LogP contribution in [-0.4, -0.2) is 55.7 Å². The molecule has 3 amide bonds. The lowest BCUT2D eigenvalue weighted by Gasteiger charge is -2.17. The van der Waals surface area contributed by atoms with Gasteiger partial charge in [0.05, 0.1) is 27.4 Å². The smallest absolute Gasteiger partial charge is 0.373 e. The van der Waals surface area contributed by atoms with E-state index in [1.54, 1.807) is 25.1 Å². The number of urea groups is 1. The number of nitrogens with zero attached hydrogens (tertiary/aromatic N) is 1. The van der Waals surface area contributed by atoms with Gasteiger partial charge >= 0.3 is 18.0 Å². The minimum atomic E-state index is -0.943. The van der Waals surface area contributed by atoms with E-state index >= 15 is 0 Å². The molecule has 1 atom stereocenters. The number of rotatable bonds is 9. The number of carbonyl (C=O) groups is 4. The Morgan fingerprint density at radius 1 is 1.18 bits per heavy atom. The highest BCUT2D eigenvalue weighted by Crippen LogP contribution is 2.34. The molecule has 180 valence electrons. The van der Waals surface area contributed by atoms with Gasteiger partial charge in [0.2, 0.25) is 5.76 Å². The van der Waals surface area contributed by atoms with Crippen molar-refractivity contribution in [3.05, 3.63) is 53.1 Å². The van der Waals surface area contributed by atoms with E-state index in [4.69, 9.17) is 18.6 Å². The number of furan rings is 1. The molecule has 0 spiro atoms. The fraction of sp³-hybridized carbons (Fsp3) is 0.304. The summed E-state index contributed by atoms with van der Waals surface area (Å²) in [6.45, 7) is 3.21. The van der Waals surface area contributed by atoms with Crippen molar-refractivity contribution in [1.29, 1.82) is 0 Å². The zero-order valence-electron chi connectivity index (χ0n) is 19.1. The molecular formula is C23H24N2O9. The predicted molar refractivity (Wildman–Crippen MR) is 117 cm³/mol. The third-order valence-electron chi connectivity index (χ3n) is 4.77. The second kappa shape index (κ2) is 10.6. The first kappa shape index (κ1) is 24.4. The number of hydrogen-bond donors (Lipinski definition) is 1. The van der Waals surface area contributed by atoms with Gasteiger partial charge in [-0.3, -0.25) is 9.69 Å². The van der Waals surface area contributed by atoms with E-state index in [0.717, 1.165) is 4.90 Å². The highest BCUT2D eigenvalue weighted by atomic mass is 16.6. The maximum Gasteiger partial charge on any atom is 0.373 e. The molecule has 2 heterocycles. The van der Waals surface area contributed by atoms with Gasteiger partial charge < -0.3 is 28.7 Å². The summed E-state index contributed by atoms with van der Waals surface area (Å²) in [4.78, 5) is 49.8. The number of methoxy groups -OCH3 is 2. The number of nitrogens with one attached hydrogen (secondary N) is 1. The van der Waals surface area contributed by atoms with E-state index < -0.39 is 30.0 Å². The number of amides is 3. The third kappa shape index (κ3) is 5.20. The molecule has 3 rings (SSSR count). The summed E-state index contributed by atoms with van der Waals surface area (Å²) in [6.07, 6.45) is 0.472. The number of hydrogen-bond acceptors (Lipinski definition) is 9. The molecule has 0 bridgehead atoms. The first-order chi connectivity index (χ1) is 16.3. The second-order valence-electron chi connectivity index (χ2n) is 7.03. The molecule has 1 aromatic carbocycles. The highest BCUT2D eigenvalue weighted by Gasteiger charge is 2.35. The first-order valence-electron chi connectivity index (χ1n) is 10.3. The Kier molecular flexibility index (Phi) is 7.57. The molecule has 11 nitrogen and oxygen atoms in total. The van der Waals surface area contributed by atoms with Crippen LogP contribution >= 0.6 is 0 Å². The van der Waals surface area contributed by atoms with Gasteiger partial charge in [0.1, 0.15) is 11.5 Å². The van der Waals surface area contributed by atoms with Crippen molar-refractivity contribution in [2.75, 3.05) is 20.8 Å². The van der Waals surface area contributed by atoms with Crippen LogP contribution in [0.5, 0.6) is 11.5 Å². The molecule has 0 aliphatic carbocycles. The Morgan fingerprint density at radius 3 is 2.62 bits per heavy atom. The average Bonchev–Trinajstić information content (AvgIpc) is 3.40. The summed E-state index contributed by atoms with van der Waals surface area (Å²) in [5, 5.41) is 2.50. The predicted octanol–water partition coefficient (Wildman–Crippen LogP) is 2.50. The molecule has 0 radical (unpaired) electrons. The van der Waals surface area contributed by atoms with Gasteiger partial charge in [-0.15, -0.1) is 0 Å². The van der Waals surface area contributed by atoms with Crippen LogP contribution in [0.4, 0.5) is 4.79 Å². The number of imide groups is 1. The van der Waals surface area contributed by atoms with Crippen LogP contribution in [0.15, 0.2) is 40.4 Å². The second-order valence-corrected chi connectivity index (χ2v) is 7.03. The Balaban J connectivity index is 1.85. The van der Waals surface area contributed by atoms with E-state index in [1.165, 1.54) is 39.4 Å². The SMILES string of the molecule is CCOC(=O)[C@H](C)Oc1c(/C=C2\NC(=O)N(Cc3ccc(C(=O)OC)o3)C2=O)cccc1OC. The number of carbonyl (C=O) groups excluding carboxylic acids is 4. The van der Waals surface area contributed by atoms with Gasteiger partial charge in [-0.2, -0.15) is 0 Å². The van der Waals surface area contributed by atoms with E-state index in [-0.39, 0.29) is 36.1 Å². The molecule has 1 aliphatic heterocycles. The molecule has 34 heavy (non-hydrogen) atoms. The summed E-state index contributed by atoms with van der Waals surface area (Å²) < 4.78 is 26.0. The van der Waals surface area contributed by atoms with E-state index in [2.05, 4.69) is 10.1 Å². The van der Waals surface area contributed by atoms with Gasteiger partial charge in [0, 0.05) is 5.56 Å². The van der Waals surface area contributed by atoms with Gasteiger partial charge in [-0.1, -0.05) is 12.1 Å². The number of para-hydroxylation sites is 1. The number of ether oxygens (including phenoxy) is 4. The minimum absolute atomic E-state index is 0.0216. The maximum atomic E-state index is 12.9. The van der Waals surface area contributed by atoms with Crippen molar-refractivity contribution in [2.24, 2.45) is 0 Å². The lowest BCUT2D eigenvalue weighted by atomic mass is 10.1. The Bertz CT molecular complexity index is 1140. The fourth-order valence-electron chi connectivity index (χ4n) is 3.12. The van der Waals surface area contributed by atoms with E-state index in [0.29, 0.717) is 11.3 Å². The summed E-state index contributed by atoms with van der Waals surface area (Å²) in [5.41, 5.74) is 0.374. The van der Waals surface area contributed by atoms with Gasteiger partial charge in [0.15, 0.2) is 17.6 Å². The van der Waals surface area contributed by atoms with Gasteiger partial charge in [-0.05, 0) is 38.1 Å². The Hall–Kier alpha value is -4.28. The Morgan fingerprint density at radius 2 is 1.94 bits per heavy atom. The van der Waals surface area contributed by atoms with Crippen molar-refractivity contribution in [3.63, 3.8) is 0 Å². The normalized spacial score (nSPS) is 15.2. The molecule has 2 aromatic rings. The summed E-state index contributed by atoms with van der Waals surface area (Å²) >= 11 is 0. The van der Waals surface area contributed by atoms with Crippen molar-refractivity contribution >= 4 is 30.0 Å². The van der Waals surface area contributed by atoms with Crippen molar-refractivity contribution < 1.29 is 42.5 Å². The van der Waals surface area contributed by atoms with Crippen LogP contribution in [-0.2, 0) is 25.6 Å². The quantitative estimate of drug-likeness (QED) is 0.332. The van der Waals surface area contributed by atoms with Crippen molar-refractivity contribution in [3.8, 4) is 11.5 Å². The highest BCUT2D eigenvalue weighted by molar-refractivity contribution is 6.14.